The number of nitrogens with one attached hydrogen (secondary N) is 2. The zero-order valence-corrected chi connectivity index (χ0v) is 34.5. The van der Waals surface area contributed by atoms with Crippen LogP contribution in [0.3, 0.4) is 0 Å². The van der Waals surface area contributed by atoms with Gasteiger partial charge in [-0.1, -0.05) is 168 Å². The summed E-state index contributed by atoms with van der Waals surface area (Å²) in [6, 6.07) is 0. The fourth-order valence-electron chi connectivity index (χ4n) is 7.68. The predicted molar refractivity (Wildman–Crippen MR) is 218 cm³/mol. The van der Waals surface area contributed by atoms with E-state index in [2.05, 4.69) is 31.5 Å². The van der Waals surface area contributed by atoms with Crippen LogP contribution in [0.4, 0.5) is 0 Å². The Bertz CT molecular complexity index is 837. The summed E-state index contributed by atoms with van der Waals surface area (Å²) in [5, 5.41) is 6.29. The number of carbonyl (C=O) groups is 3. The SMILES string of the molecule is CCCCCCCCCCCCCCCCCC(=O)NCCC[N+](C)(CCCNC(=O)CCCCCCCCCCCCC)CN1CCCC1=O. The highest BCUT2D eigenvalue weighted by Crippen LogP contribution is 2.17. The van der Waals surface area contributed by atoms with Gasteiger partial charge in [-0.05, 0) is 19.3 Å². The van der Waals surface area contributed by atoms with E-state index in [0.717, 1.165) is 75.7 Å². The van der Waals surface area contributed by atoms with Gasteiger partial charge in [0.05, 0.1) is 20.1 Å². The van der Waals surface area contributed by atoms with E-state index in [-0.39, 0.29) is 17.7 Å². The monoisotopic (exact) mass is 720 g/mol. The molecule has 0 saturated carbocycles. The Kier molecular flexibility index (Phi) is 31.7. The van der Waals surface area contributed by atoms with Crippen molar-refractivity contribution in [3.05, 3.63) is 0 Å². The maximum Gasteiger partial charge on any atom is 0.226 e. The molecule has 0 aromatic rings. The largest absolute Gasteiger partial charge is 0.356 e. The second-order valence-corrected chi connectivity index (χ2v) is 16.4. The number of amides is 3. The second kappa shape index (κ2) is 34.2. The van der Waals surface area contributed by atoms with Crippen molar-refractivity contribution in [1.82, 2.24) is 15.5 Å². The topological polar surface area (TPSA) is 78.5 Å². The average molecular weight is 720 g/mol. The molecule has 0 aromatic carbocycles. The summed E-state index contributed by atoms with van der Waals surface area (Å²) < 4.78 is 0.773. The maximum atomic E-state index is 12.5. The first kappa shape index (κ1) is 47.4. The molecule has 51 heavy (non-hydrogen) atoms. The zero-order valence-electron chi connectivity index (χ0n) is 34.5. The van der Waals surface area contributed by atoms with Gasteiger partial charge >= 0.3 is 0 Å². The van der Waals surface area contributed by atoms with E-state index in [1.165, 1.54) is 141 Å². The molecular formula is C44H87N4O3+. The summed E-state index contributed by atoms with van der Waals surface area (Å²) >= 11 is 0. The van der Waals surface area contributed by atoms with Crippen molar-refractivity contribution in [2.75, 3.05) is 46.4 Å². The molecule has 2 N–H and O–H groups in total. The number of quaternary nitrogens is 1. The molecule has 1 heterocycles. The number of carbonyl (C=O) groups excluding carboxylic acids is 3. The minimum absolute atomic E-state index is 0.173. The van der Waals surface area contributed by atoms with Crippen molar-refractivity contribution in [2.45, 2.75) is 219 Å². The highest BCUT2D eigenvalue weighted by atomic mass is 16.2. The second-order valence-electron chi connectivity index (χ2n) is 16.4. The van der Waals surface area contributed by atoms with Crippen molar-refractivity contribution < 1.29 is 18.9 Å². The quantitative estimate of drug-likeness (QED) is 0.0492. The lowest BCUT2D eigenvalue weighted by atomic mass is 10.0. The third-order valence-corrected chi connectivity index (χ3v) is 11.1. The van der Waals surface area contributed by atoms with Crippen LogP contribution >= 0.6 is 0 Å². The van der Waals surface area contributed by atoms with Gasteiger partial charge in [0.25, 0.3) is 0 Å². The minimum atomic E-state index is 0.173. The Hall–Kier alpha value is -1.63. The molecule has 0 spiro atoms. The third-order valence-electron chi connectivity index (χ3n) is 11.1. The summed E-state index contributed by atoms with van der Waals surface area (Å²) in [5.74, 6) is 0.609. The van der Waals surface area contributed by atoms with Crippen LogP contribution in [0.15, 0.2) is 0 Å². The highest BCUT2D eigenvalue weighted by Gasteiger charge is 2.30. The van der Waals surface area contributed by atoms with Crippen LogP contribution in [0.1, 0.15) is 219 Å². The molecule has 1 aliphatic rings. The molecule has 300 valence electrons. The number of rotatable bonds is 38. The molecule has 1 unspecified atom stereocenters. The van der Waals surface area contributed by atoms with Crippen molar-refractivity contribution in [3.8, 4) is 0 Å². The van der Waals surface area contributed by atoms with Gasteiger partial charge in [0.15, 0.2) is 6.67 Å². The predicted octanol–water partition coefficient (Wildman–Crippen LogP) is 11.0. The van der Waals surface area contributed by atoms with Crippen LogP contribution in [-0.2, 0) is 14.4 Å². The molecule has 3 amide bonds. The van der Waals surface area contributed by atoms with E-state index < -0.39 is 0 Å². The van der Waals surface area contributed by atoms with E-state index in [9.17, 15) is 14.4 Å². The lowest BCUT2D eigenvalue weighted by Crippen LogP contribution is -2.53. The van der Waals surface area contributed by atoms with Crippen molar-refractivity contribution >= 4 is 17.7 Å². The van der Waals surface area contributed by atoms with E-state index >= 15 is 0 Å². The Labute approximate surface area is 317 Å². The van der Waals surface area contributed by atoms with Crippen molar-refractivity contribution in [1.29, 1.82) is 0 Å². The first-order valence-electron chi connectivity index (χ1n) is 22.5. The molecule has 7 heteroatoms. The Morgan fingerprint density at radius 1 is 0.529 bits per heavy atom. The Balaban J connectivity index is 2.12. The number of hydrogen-bond acceptors (Lipinski definition) is 3. The molecule has 0 radical (unpaired) electrons. The molecule has 1 rings (SSSR count). The molecule has 7 nitrogen and oxygen atoms in total. The lowest BCUT2D eigenvalue weighted by molar-refractivity contribution is -0.917. The summed E-state index contributed by atoms with van der Waals surface area (Å²) in [6.07, 6.45) is 38.9. The summed E-state index contributed by atoms with van der Waals surface area (Å²) in [7, 11) is 2.23. The van der Waals surface area contributed by atoms with Gasteiger partial charge in [0.1, 0.15) is 0 Å². The van der Waals surface area contributed by atoms with E-state index in [1.807, 2.05) is 4.90 Å². The van der Waals surface area contributed by atoms with Gasteiger partial charge in [-0.25, -0.2) is 0 Å². The van der Waals surface area contributed by atoms with Gasteiger partial charge in [0, 0.05) is 51.7 Å². The number of hydrogen-bond donors (Lipinski definition) is 2. The van der Waals surface area contributed by atoms with Gasteiger partial charge in [0.2, 0.25) is 17.7 Å². The van der Waals surface area contributed by atoms with Gasteiger partial charge in [-0.2, -0.15) is 0 Å². The molecule has 0 bridgehead atoms. The fourth-order valence-corrected chi connectivity index (χ4v) is 7.68. The minimum Gasteiger partial charge on any atom is -0.356 e. The first-order chi connectivity index (χ1) is 24.9. The smallest absolute Gasteiger partial charge is 0.226 e. The number of nitrogens with zero attached hydrogens (tertiary/aromatic N) is 2. The van der Waals surface area contributed by atoms with Gasteiger partial charge in [-0.15, -0.1) is 0 Å². The van der Waals surface area contributed by atoms with E-state index in [0.29, 0.717) is 32.4 Å². The molecule has 1 aliphatic heterocycles. The number of unbranched alkanes of at least 4 members (excludes halogenated alkanes) is 24. The van der Waals surface area contributed by atoms with E-state index in [4.69, 9.17) is 0 Å². The summed E-state index contributed by atoms with van der Waals surface area (Å²) in [6.45, 7) is 9.32. The van der Waals surface area contributed by atoms with Crippen molar-refractivity contribution in [3.63, 3.8) is 0 Å². The lowest BCUT2D eigenvalue weighted by Gasteiger charge is -2.38. The van der Waals surface area contributed by atoms with Crippen LogP contribution in [0.25, 0.3) is 0 Å². The standard InChI is InChI=1S/C44H86N4O3/c1-4-6-8-10-12-14-16-17-18-19-21-23-25-27-29-34-43(50)46-37-32-40-48(3,41-47-38-30-35-44(47)51)39-31-36-45-42(49)33-28-26-24-22-20-15-13-11-9-7-5-2/h4-41H2,1-3H3,(H-,45,46,49,50)/p+1. The third kappa shape index (κ3) is 29.5. The maximum absolute atomic E-state index is 12.5. The Morgan fingerprint density at radius 3 is 1.18 bits per heavy atom. The first-order valence-corrected chi connectivity index (χ1v) is 22.5. The Morgan fingerprint density at radius 2 is 0.863 bits per heavy atom. The molecule has 0 aliphatic carbocycles. The molecule has 0 aromatic heterocycles. The van der Waals surface area contributed by atoms with Gasteiger partial charge in [-0.3, -0.25) is 19.3 Å². The van der Waals surface area contributed by atoms with Gasteiger partial charge < -0.3 is 15.1 Å². The zero-order chi connectivity index (χ0) is 37.1. The fraction of sp³-hybridized carbons (Fsp3) is 0.932. The van der Waals surface area contributed by atoms with Crippen LogP contribution < -0.4 is 10.6 Å². The van der Waals surface area contributed by atoms with Crippen LogP contribution in [0, 0.1) is 0 Å². The molecule has 1 atom stereocenters. The highest BCUT2D eigenvalue weighted by molar-refractivity contribution is 5.78. The number of likely N-dealkylation sites (tertiary alicyclic amines) is 1. The summed E-state index contributed by atoms with van der Waals surface area (Å²) in [4.78, 5) is 39.4. The molecular weight excluding hydrogens is 633 g/mol. The molecule has 1 saturated heterocycles. The van der Waals surface area contributed by atoms with Crippen molar-refractivity contribution in [2.24, 2.45) is 0 Å². The van der Waals surface area contributed by atoms with E-state index in [1.54, 1.807) is 0 Å². The average Bonchev–Trinajstić information content (AvgIpc) is 3.52. The molecule has 1 fully saturated rings. The normalized spacial score (nSPS) is 14.3. The van der Waals surface area contributed by atoms with Crippen LogP contribution in [-0.4, -0.2) is 73.5 Å². The van der Waals surface area contributed by atoms with Crippen LogP contribution in [0.2, 0.25) is 0 Å². The van der Waals surface area contributed by atoms with Crippen LogP contribution in [0.5, 0.6) is 0 Å². The summed E-state index contributed by atoms with van der Waals surface area (Å²) in [5.41, 5.74) is 0.